The molecule has 1 aliphatic carbocycles. The van der Waals surface area contributed by atoms with Gasteiger partial charge < -0.3 is 5.32 Å². The van der Waals surface area contributed by atoms with Crippen LogP contribution in [-0.2, 0) is 11.0 Å². The number of anilines is 1. The summed E-state index contributed by atoms with van der Waals surface area (Å²) in [6.07, 6.45) is -2.74. The molecule has 0 radical (unpaired) electrons. The minimum atomic E-state index is -4.55. The molecule has 4 rings (SSSR count). The molecule has 0 saturated carbocycles. The number of Topliss-reactive ketones (excluding diaryl/α,β-unsaturated/α-hetero) is 1. The number of amides is 2. The third-order valence-electron chi connectivity index (χ3n) is 4.90. The zero-order valence-corrected chi connectivity index (χ0v) is 14.8. The van der Waals surface area contributed by atoms with E-state index in [1.807, 2.05) is 6.07 Å². The third kappa shape index (κ3) is 3.23. The van der Waals surface area contributed by atoms with Crippen LogP contribution < -0.4 is 10.2 Å². The fraction of sp³-hybridized carbons (Fsp3) is 0.200. The number of ketones is 1. The smallest absolute Gasteiger partial charge is 0.326 e. The Bertz CT molecular complexity index is 1080. The molecule has 2 aromatic rings. The second-order valence-electron chi connectivity index (χ2n) is 6.64. The SMILES string of the molecule is N#Cc1ccc(C2NC(=O)N(c3cccc(C(F)(F)F)c3)C3=C2C(=O)CC3)cn1. The number of carbonyl (C=O) groups excluding carboxylic acids is 2. The van der Waals surface area contributed by atoms with Crippen LogP contribution in [0.25, 0.3) is 0 Å². The molecule has 0 bridgehead atoms. The second-order valence-corrected chi connectivity index (χ2v) is 6.64. The number of benzene rings is 1. The van der Waals surface area contributed by atoms with Gasteiger partial charge in [0.15, 0.2) is 5.78 Å². The summed E-state index contributed by atoms with van der Waals surface area (Å²) in [5.74, 6) is -0.189. The molecule has 1 N–H and O–H groups in total. The maximum Gasteiger partial charge on any atom is 0.416 e. The Kier molecular flexibility index (Phi) is 4.34. The van der Waals surface area contributed by atoms with E-state index >= 15 is 0 Å². The Hall–Kier alpha value is -3.67. The number of allylic oxidation sites excluding steroid dienone is 1. The number of aromatic nitrogens is 1. The van der Waals surface area contributed by atoms with Gasteiger partial charge in [-0.25, -0.2) is 9.78 Å². The van der Waals surface area contributed by atoms with Crippen LogP contribution in [0.2, 0.25) is 0 Å². The highest BCUT2D eigenvalue weighted by atomic mass is 19.4. The van der Waals surface area contributed by atoms with E-state index in [1.165, 1.54) is 24.4 Å². The standard InChI is InChI=1S/C20H13F3N4O2/c21-20(22,23)12-2-1-3-14(8-12)27-15-6-7-16(28)17(15)18(26-19(27)29)11-4-5-13(9-24)25-10-11/h1-5,8,10,18H,6-7H2,(H,26,29). The lowest BCUT2D eigenvalue weighted by molar-refractivity contribution is -0.137. The first kappa shape index (κ1) is 18.7. The van der Waals surface area contributed by atoms with Crippen molar-refractivity contribution in [1.82, 2.24) is 10.3 Å². The second kappa shape index (κ2) is 6.74. The van der Waals surface area contributed by atoms with Crippen molar-refractivity contribution in [2.24, 2.45) is 0 Å². The van der Waals surface area contributed by atoms with E-state index in [4.69, 9.17) is 5.26 Å². The van der Waals surface area contributed by atoms with Crippen molar-refractivity contribution < 1.29 is 22.8 Å². The minimum absolute atomic E-state index is 0.0379. The van der Waals surface area contributed by atoms with Crippen LogP contribution in [0, 0.1) is 11.3 Å². The number of pyridine rings is 1. The first-order valence-electron chi connectivity index (χ1n) is 8.70. The number of urea groups is 1. The van der Waals surface area contributed by atoms with Gasteiger partial charge in [0.2, 0.25) is 0 Å². The normalized spacial score (nSPS) is 19.1. The molecule has 1 aliphatic heterocycles. The van der Waals surface area contributed by atoms with E-state index in [1.54, 1.807) is 6.07 Å². The average Bonchev–Trinajstić information content (AvgIpc) is 3.08. The molecule has 2 heterocycles. The molecule has 6 nitrogen and oxygen atoms in total. The average molecular weight is 398 g/mol. The van der Waals surface area contributed by atoms with Crippen LogP contribution in [0.1, 0.15) is 35.7 Å². The Labute approximate surface area is 163 Å². The number of rotatable bonds is 2. The predicted molar refractivity (Wildman–Crippen MR) is 95.4 cm³/mol. The number of hydrogen-bond acceptors (Lipinski definition) is 4. The van der Waals surface area contributed by atoms with E-state index in [2.05, 4.69) is 10.3 Å². The maximum absolute atomic E-state index is 13.1. The molecular formula is C20H13F3N4O2. The molecule has 29 heavy (non-hydrogen) atoms. The van der Waals surface area contributed by atoms with Crippen molar-refractivity contribution in [3.8, 4) is 6.07 Å². The van der Waals surface area contributed by atoms with Gasteiger partial charge in [0, 0.05) is 23.9 Å². The van der Waals surface area contributed by atoms with Crippen molar-refractivity contribution in [3.05, 3.63) is 70.7 Å². The predicted octanol–water partition coefficient (Wildman–Crippen LogP) is 3.86. The first-order valence-corrected chi connectivity index (χ1v) is 8.70. The fourth-order valence-electron chi connectivity index (χ4n) is 3.59. The minimum Gasteiger partial charge on any atom is -0.326 e. The van der Waals surface area contributed by atoms with Crippen LogP contribution in [0.4, 0.5) is 23.7 Å². The van der Waals surface area contributed by atoms with E-state index < -0.39 is 23.8 Å². The topological polar surface area (TPSA) is 86.1 Å². The number of carbonyl (C=O) groups is 2. The van der Waals surface area contributed by atoms with Gasteiger partial charge in [0.25, 0.3) is 0 Å². The highest BCUT2D eigenvalue weighted by Gasteiger charge is 2.41. The molecule has 1 unspecified atom stereocenters. The summed E-state index contributed by atoms with van der Waals surface area (Å²) in [6.45, 7) is 0. The van der Waals surface area contributed by atoms with E-state index in [0.717, 1.165) is 17.0 Å². The van der Waals surface area contributed by atoms with Crippen molar-refractivity contribution in [2.45, 2.75) is 25.1 Å². The summed E-state index contributed by atoms with van der Waals surface area (Å²) < 4.78 is 39.3. The molecule has 9 heteroatoms. The van der Waals surface area contributed by atoms with Crippen LogP contribution in [0.15, 0.2) is 53.9 Å². The van der Waals surface area contributed by atoms with Crippen LogP contribution in [0.5, 0.6) is 0 Å². The molecule has 2 aliphatic rings. The van der Waals surface area contributed by atoms with E-state index in [-0.39, 0.29) is 30.0 Å². The van der Waals surface area contributed by atoms with Crippen molar-refractivity contribution in [1.29, 1.82) is 5.26 Å². The monoisotopic (exact) mass is 398 g/mol. The molecule has 1 atom stereocenters. The van der Waals surface area contributed by atoms with Gasteiger partial charge in [-0.15, -0.1) is 0 Å². The summed E-state index contributed by atoms with van der Waals surface area (Å²) in [4.78, 5) is 30.5. The Morgan fingerprint density at radius 2 is 1.97 bits per heavy atom. The fourth-order valence-corrected chi connectivity index (χ4v) is 3.59. The molecule has 0 fully saturated rings. The first-order chi connectivity index (χ1) is 13.8. The van der Waals surface area contributed by atoms with Crippen LogP contribution in [-0.4, -0.2) is 16.8 Å². The van der Waals surface area contributed by atoms with Crippen molar-refractivity contribution >= 4 is 17.5 Å². The van der Waals surface area contributed by atoms with Gasteiger partial charge in [0.1, 0.15) is 11.8 Å². The molecule has 2 amide bonds. The molecule has 0 spiro atoms. The maximum atomic E-state index is 13.1. The van der Waals surface area contributed by atoms with Gasteiger partial charge in [-0.05, 0) is 36.2 Å². The number of alkyl halides is 3. The molecular weight excluding hydrogens is 385 g/mol. The summed E-state index contributed by atoms with van der Waals surface area (Å²) in [5.41, 5.74) is 0.571. The van der Waals surface area contributed by atoms with Gasteiger partial charge >= 0.3 is 12.2 Å². The van der Waals surface area contributed by atoms with Gasteiger partial charge in [-0.3, -0.25) is 9.69 Å². The lowest BCUT2D eigenvalue weighted by Crippen LogP contribution is -2.47. The number of halogens is 3. The Balaban J connectivity index is 1.80. The summed E-state index contributed by atoms with van der Waals surface area (Å²) >= 11 is 0. The molecule has 1 aromatic heterocycles. The third-order valence-corrected chi connectivity index (χ3v) is 4.90. The van der Waals surface area contributed by atoms with Crippen LogP contribution >= 0.6 is 0 Å². The van der Waals surface area contributed by atoms with E-state index in [0.29, 0.717) is 16.8 Å². The number of nitriles is 1. The van der Waals surface area contributed by atoms with Crippen LogP contribution in [0.3, 0.4) is 0 Å². The largest absolute Gasteiger partial charge is 0.416 e. The molecule has 146 valence electrons. The highest BCUT2D eigenvalue weighted by Crippen LogP contribution is 2.41. The van der Waals surface area contributed by atoms with Gasteiger partial charge in [-0.2, -0.15) is 18.4 Å². The van der Waals surface area contributed by atoms with Crippen molar-refractivity contribution in [2.75, 3.05) is 4.90 Å². The Morgan fingerprint density at radius 1 is 1.17 bits per heavy atom. The number of hydrogen-bond donors (Lipinski definition) is 1. The summed E-state index contributed by atoms with van der Waals surface area (Å²) in [7, 11) is 0. The molecule has 0 saturated heterocycles. The molecule has 1 aromatic carbocycles. The lowest BCUT2D eigenvalue weighted by Gasteiger charge is -2.34. The highest BCUT2D eigenvalue weighted by molar-refractivity contribution is 6.08. The quantitative estimate of drug-likeness (QED) is 0.832. The Morgan fingerprint density at radius 3 is 2.62 bits per heavy atom. The van der Waals surface area contributed by atoms with Gasteiger partial charge in [0.05, 0.1) is 17.3 Å². The number of nitrogens with zero attached hydrogens (tertiary/aromatic N) is 3. The summed E-state index contributed by atoms with van der Waals surface area (Å²) in [6, 6.07) is 7.97. The summed E-state index contributed by atoms with van der Waals surface area (Å²) in [5, 5.41) is 11.6. The van der Waals surface area contributed by atoms with E-state index in [9.17, 15) is 22.8 Å². The zero-order valence-electron chi connectivity index (χ0n) is 14.8. The zero-order chi connectivity index (χ0) is 20.8. The lowest BCUT2D eigenvalue weighted by atomic mass is 9.95. The van der Waals surface area contributed by atoms with Gasteiger partial charge in [-0.1, -0.05) is 12.1 Å². The van der Waals surface area contributed by atoms with Crippen molar-refractivity contribution in [3.63, 3.8) is 0 Å². The number of nitrogens with one attached hydrogen (secondary N) is 1.